The molecule has 0 radical (unpaired) electrons. The van der Waals surface area contributed by atoms with Crippen molar-refractivity contribution < 1.29 is 0 Å². The Bertz CT molecular complexity index is 429. The van der Waals surface area contributed by atoms with Crippen LogP contribution < -0.4 is 5.32 Å². The van der Waals surface area contributed by atoms with Crippen LogP contribution in [0.15, 0.2) is 24.3 Å². The SMILES string of the molecule is N#C/C=C1/CCNc2ccc(Cl)cc21. The van der Waals surface area contributed by atoms with Gasteiger partial charge >= 0.3 is 0 Å². The van der Waals surface area contributed by atoms with Crippen LogP contribution in [0.1, 0.15) is 12.0 Å². The maximum atomic E-state index is 8.63. The molecule has 1 aromatic rings. The fourth-order valence-corrected chi connectivity index (χ4v) is 1.80. The Labute approximate surface area is 87.8 Å². The summed E-state index contributed by atoms with van der Waals surface area (Å²) in [5.74, 6) is 0. The first-order valence-corrected chi connectivity index (χ1v) is 4.81. The molecule has 1 heterocycles. The van der Waals surface area contributed by atoms with Crippen molar-refractivity contribution in [3.8, 4) is 6.07 Å². The predicted molar refractivity (Wildman–Crippen MR) is 58.1 cm³/mol. The van der Waals surface area contributed by atoms with Crippen molar-refractivity contribution in [2.45, 2.75) is 6.42 Å². The van der Waals surface area contributed by atoms with E-state index in [-0.39, 0.29) is 0 Å². The molecule has 1 aliphatic heterocycles. The van der Waals surface area contributed by atoms with Crippen molar-refractivity contribution in [2.75, 3.05) is 11.9 Å². The molecular weight excluding hydrogens is 196 g/mol. The summed E-state index contributed by atoms with van der Waals surface area (Å²) in [5.41, 5.74) is 3.16. The number of hydrogen-bond donors (Lipinski definition) is 1. The average Bonchev–Trinajstić information content (AvgIpc) is 2.19. The Balaban J connectivity index is 2.53. The van der Waals surface area contributed by atoms with Gasteiger partial charge < -0.3 is 5.32 Å². The monoisotopic (exact) mass is 204 g/mol. The summed E-state index contributed by atoms with van der Waals surface area (Å²) in [5, 5.41) is 12.6. The second-order valence-electron chi connectivity index (χ2n) is 3.17. The summed E-state index contributed by atoms with van der Waals surface area (Å²) in [6, 6.07) is 7.76. The van der Waals surface area contributed by atoms with Gasteiger partial charge in [-0.3, -0.25) is 0 Å². The molecule has 0 unspecified atom stereocenters. The quantitative estimate of drug-likeness (QED) is 0.660. The van der Waals surface area contributed by atoms with Crippen molar-refractivity contribution in [1.29, 1.82) is 5.26 Å². The minimum absolute atomic E-state index is 0.705. The first-order valence-electron chi connectivity index (χ1n) is 4.44. The lowest BCUT2D eigenvalue weighted by molar-refractivity contribution is 1.05. The Morgan fingerprint density at radius 2 is 2.36 bits per heavy atom. The number of rotatable bonds is 0. The van der Waals surface area contributed by atoms with Crippen molar-refractivity contribution in [1.82, 2.24) is 0 Å². The fraction of sp³-hybridized carbons (Fsp3) is 0.182. The highest BCUT2D eigenvalue weighted by Gasteiger charge is 2.13. The lowest BCUT2D eigenvalue weighted by Gasteiger charge is -2.20. The van der Waals surface area contributed by atoms with E-state index in [0.29, 0.717) is 5.02 Å². The van der Waals surface area contributed by atoms with E-state index >= 15 is 0 Å². The number of hydrogen-bond acceptors (Lipinski definition) is 2. The summed E-state index contributed by atoms with van der Waals surface area (Å²) in [6.45, 7) is 0.877. The zero-order valence-electron chi connectivity index (χ0n) is 7.55. The van der Waals surface area contributed by atoms with Crippen LogP contribution in [-0.2, 0) is 0 Å². The lowest BCUT2D eigenvalue weighted by Crippen LogP contribution is -2.10. The van der Waals surface area contributed by atoms with E-state index in [0.717, 1.165) is 29.8 Å². The summed E-state index contributed by atoms with van der Waals surface area (Å²) in [4.78, 5) is 0. The van der Waals surface area contributed by atoms with Crippen LogP contribution in [0.4, 0.5) is 5.69 Å². The normalized spacial score (nSPS) is 17.0. The van der Waals surface area contributed by atoms with Gasteiger partial charge in [-0.1, -0.05) is 11.6 Å². The van der Waals surface area contributed by atoms with Gasteiger partial charge in [0.2, 0.25) is 0 Å². The van der Waals surface area contributed by atoms with Gasteiger partial charge in [0, 0.05) is 28.9 Å². The highest BCUT2D eigenvalue weighted by Crippen LogP contribution is 2.32. The second-order valence-corrected chi connectivity index (χ2v) is 3.60. The number of allylic oxidation sites excluding steroid dienone is 1. The molecule has 0 aliphatic carbocycles. The molecule has 0 amide bonds. The Morgan fingerprint density at radius 3 is 3.14 bits per heavy atom. The van der Waals surface area contributed by atoms with Gasteiger partial charge in [-0.2, -0.15) is 5.26 Å². The first kappa shape index (κ1) is 9.11. The number of nitrogens with one attached hydrogen (secondary N) is 1. The molecule has 0 saturated carbocycles. The zero-order chi connectivity index (χ0) is 9.97. The van der Waals surface area contributed by atoms with Crippen LogP contribution in [0.5, 0.6) is 0 Å². The van der Waals surface area contributed by atoms with Gasteiger partial charge in [0.1, 0.15) is 0 Å². The van der Waals surface area contributed by atoms with E-state index in [1.807, 2.05) is 18.2 Å². The highest BCUT2D eigenvalue weighted by molar-refractivity contribution is 6.30. The predicted octanol–water partition coefficient (Wildman–Crippen LogP) is 3.06. The van der Waals surface area contributed by atoms with Gasteiger partial charge in [0.05, 0.1) is 6.07 Å². The third-order valence-corrected chi connectivity index (χ3v) is 2.51. The average molecular weight is 205 g/mol. The summed E-state index contributed by atoms with van der Waals surface area (Å²) in [6.07, 6.45) is 2.47. The van der Waals surface area contributed by atoms with Crippen molar-refractivity contribution in [3.05, 3.63) is 34.9 Å². The van der Waals surface area contributed by atoms with Gasteiger partial charge in [0.15, 0.2) is 0 Å². The molecule has 2 rings (SSSR count). The second kappa shape index (κ2) is 3.73. The molecule has 0 saturated heterocycles. The zero-order valence-corrected chi connectivity index (χ0v) is 8.30. The van der Waals surface area contributed by atoms with Crippen LogP contribution in [0, 0.1) is 11.3 Å². The van der Waals surface area contributed by atoms with Crippen LogP contribution >= 0.6 is 11.6 Å². The number of nitriles is 1. The minimum Gasteiger partial charge on any atom is -0.384 e. The molecule has 70 valence electrons. The van der Waals surface area contributed by atoms with E-state index < -0.39 is 0 Å². The van der Waals surface area contributed by atoms with Crippen molar-refractivity contribution >= 4 is 22.9 Å². The topological polar surface area (TPSA) is 35.8 Å². The number of fused-ring (bicyclic) bond motifs is 1. The fourth-order valence-electron chi connectivity index (χ4n) is 1.63. The third-order valence-electron chi connectivity index (χ3n) is 2.28. The van der Waals surface area contributed by atoms with Crippen LogP contribution in [-0.4, -0.2) is 6.54 Å². The van der Waals surface area contributed by atoms with Crippen LogP contribution in [0.25, 0.3) is 5.57 Å². The molecule has 2 nitrogen and oxygen atoms in total. The number of anilines is 1. The van der Waals surface area contributed by atoms with E-state index in [1.54, 1.807) is 6.08 Å². The number of benzene rings is 1. The molecule has 0 aromatic heterocycles. The largest absolute Gasteiger partial charge is 0.384 e. The van der Waals surface area contributed by atoms with E-state index in [4.69, 9.17) is 16.9 Å². The molecule has 0 fully saturated rings. The lowest BCUT2D eigenvalue weighted by atomic mass is 9.97. The van der Waals surface area contributed by atoms with Crippen LogP contribution in [0.2, 0.25) is 5.02 Å². The Hall–Kier alpha value is -1.46. The standard InChI is InChI=1S/C11H9ClN2/c12-9-1-2-11-10(7-9)8(3-5-13)4-6-14-11/h1-3,7,14H,4,6H2/b8-3-. The highest BCUT2D eigenvalue weighted by atomic mass is 35.5. The minimum atomic E-state index is 0.705. The third kappa shape index (κ3) is 1.59. The van der Waals surface area contributed by atoms with Gasteiger partial charge in [0.25, 0.3) is 0 Å². The maximum Gasteiger partial charge on any atom is 0.0915 e. The van der Waals surface area contributed by atoms with Gasteiger partial charge in [-0.15, -0.1) is 0 Å². The summed E-state index contributed by atoms with van der Waals surface area (Å²) >= 11 is 5.90. The van der Waals surface area contributed by atoms with Gasteiger partial charge in [-0.05, 0) is 30.2 Å². The molecule has 0 spiro atoms. The molecule has 0 atom stereocenters. The maximum absolute atomic E-state index is 8.63. The number of halogens is 1. The molecule has 3 heteroatoms. The Kier molecular flexibility index (Phi) is 2.43. The first-order chi connectivity index (χ1) is 6.81. The van der Waals surface area contributed by atoms with E-state index in [1.165, 1.54) is 0 Å². The van der Waals surface area contributed by atoms with Crippen LogP contribution in [0.3, 0.4) is 0 Å². The van der Waals surface area contributed by atoms with E-state index in [9.17, 15) is 0 Å². The molecule has 1 aromatic carbocycles. The molecular formula is C11H9ClN2. The van der Waals surface area contributed by atoms with Crippen molar-refractivity contribution in [3.63, 3.8) is 0 Å². The molecule has 14 heavy (non-hydrogen) atoms. The summed E-state index contributed by atoms with van der Waals surface area (Å²) in [7, 11) is 0. The van der Waals surface area contributed by atoms with Crippen molar-refractivity contribution in [2.24, 2.45) is 0 Å². The molecule has 0 bridgehead atoms. The Morgan fingerprint density at radius 1 is 1.50 bits per heavy atom. The smallest absolute Gasteiger partial charge is 0.0915 e. The number of nitrogens with zero attached hydrogens (tertiary/aromatic N) is 1. The molecule has 1 aliphatic rings. The summed E-state index contributed by atoms with van der Waals surface area (Å²) < 4.78 is 0. The van der Waals surface area contributed by atoms with Gasteiger partial charge in [-0.25, -0.2) is 0 Å². The van der Waals surface area contributed by atoms with E-state index in [2.05, 4.69) is 11.4 Å². The molecule has 1 N–H and O–H groups in total.